The Kier molecular flexibility index (Phi) is 4.64. The van der Waals surface area contributed by atoms with Crippen LogP contribution < -0.4 is 5.32 Å². The van der Waals surface area contributed by atoms with Gasteiger partial charge in [-0.15, -0.1) is 0 Å². The smallest absolute Gasteiger partial charge is 0.185 e. The number of hydrogen-bond acceptors (Lipinski definition) is 5. The van der Waals surface area contributed by atoms with Gasteiger partial charge in [0.05, 0.1) is 6.61 Å². The van der Waals surface area contributed by atoms with Crippen molar-refractivity contribution in [2.24, 2.45) is 13.0 Å². The van der Waals surface area contributed by atoms with Gasteiger partial charge < -0.3 is 10.4 Å². The fourth-order valence-electron chi connectivity index (χ4n) is 2.89. The Bertz CT molecular complexity index is 378. The molecule has 0 saturated heterocycles. The van der Waals surface area contributed by atoms with Crippen LogP contribution in [0.1, 0.15) is 25.7 Å². The van der Waals surface area contributed by atoms with Gasteiger partial charge in [-0.2, -0.15) is 5.10 Å². The zero-order chi connectivity index (χ0) is 13.0. The van der Waals surface area contributed by atoms with Crippen LogP contribution in [0.5, 0.6) is 0 Å². The lowest BCUT2D eigenvalue weighted by atomic mass is 9.86. The fourth-order valence-corrected chi connectivity index (χ4v) is 3.83. The van der Waals surface area contributed by atoms with Crippen LogP contribution in [0.3, 0.4) is 0 Å². The maximum Gasteiger partial charge on any atom is 0.185 e. The van der Waals surface area contributed by atoms with E-state index in [1.165, 1.54) is 12.8 Å². The molecule has 6 heteroatoms. The molecule has 0 aromatic carbocycles. The van der Waals surface area contributed by atoms with E-state index >= 15 is 0 Å². The highest BCUT2D eigenvalue weighted by atomic mass is 32.2. The molecule has 1 heterocycles. The molecule has 2 unspecified atom stereocenters. The Labute approximate surface area is 112 Å². The summed E-state index contributed by atoms with van der Waals surface area (Å²) in [6.07, 6.45) is 6.20. The van der Waals surface area contributed by atoms with Crippen LogP contribution in [-0.4, -0.2) is 44.8 Å². The second-order valence-corrected chi connectivity index (χ2v) is 6.02. The number of aryl methyl sites for hydroxylation is 1. The van der Waals surface area contributed by atoms with Crippen LogP contribution in [0.4, 0.5) is 0 Å². The molecular formula is C12H22N4OS. The number of likely N-dealkylation sites (N-methyl/N-ethyl adjacent to an activating group) is 1. The summed E-state index contributed by atoms with van der Waals surface area (Å²) in [4.78, 5) is 4.21. The van der Waals surface area contributed by atoms with Crippen LogP contribution in [0, 0.1) is 5.92 Å². The second-order valence-electron chi connectivity index (χ2n) is 4.96. The SMILES string of the molecule is CNC1(CO)CCCC1CCSc1ncnn1C. The van der Waals surface area contributed by atoms with Crippen molar-refractivity contribution in [3.63, 3.8) is 0 Å². The molecule has 102 valence electrons. The second kappa shape index (κ2) is 6.04. The Morgan fingerprint density at radius 3 is 3.11 bits per heavy atom. The molecule has 1 saturated carbocycles. The van der Waals surface area contributed by atoms with Crippen molar-refractivity contribution >= 4 is 11.8 Å². The molecule has 0 bridgehead atoms. The first-order valence-electron chi connectivity index (χ1n) is 6.48. The largest absolute Gasteiger partial charge is 0.394 e. The van der Waals surface area contributed by atoms with Gasteiger partial charge in [0.15, 0.2) is 5.16 Å². The van der Waals surface area contributed by atoms with Crippen molar-refractivity contribution in [1.29, 1.82) is 0 Å². The Morgan fingerprint density at radius 2 is 2.50 bits per heavy atom. The molecule has 1 aliphatic carbocycles. The number of hydrogen-bond donors (Lipinski definition) is 2. The summed E-state index contributed by atoms with van der Waals surface area (Å²) in [7, 11) is 3.88. The zero-order valence-corrected chi connectivity index (χ0v) is 11.9. The van der Waals surface area contributed by atoms with Gasteiger partial charge in [-0.3, -0.25) is 0 Å². The van der Waals surface area contributed by atoms with Crippen LogP contribution in [0.15, 0.2) is 11.5 Å². The Balaban J connectivity index is 1.85. The highest BCUT2D eigenvalue weighted by molar-refractivity contribution is 7.99. The minimum atomic E-state index is -0.0551. The first kappa shape index (κ1) is 13.8. The molecule has 18 heavy (non-hydrogen) atoms. The third-order valence-electron chi connectivity index (χ3n) is 4.10. The van der Waals surface area contributed by atoms with Crippen molar-refractivity contribution in [3.8, 4) is 0 Å². The molecule has 0 radical (unpaired) electrons. The zero-order valence-electron chi connectivity index (χ0n) is 11.1. The first-order valence-corrected chi connectivity index (χ1v) is 7.47. The molecule has 0 aliphatic heterocycles. The highest BCUT2D eigenvalue weighted by Gasteiger charge is 2.40. The van der Waals surface area contributed by atoms with E-state index in [9.17, 15) is 5.11 Å². The average molecular weight is 270 g/mol. The van der Waals surface area contributed by atoms with Gasteiger partial charge in [0.2, 0.25) is 0 Å². The number of aliphatic hydroxyl groups excluding tert-OH is 1. The summed E-state index contributed by atoms with van der Waals surface area (Å²) < 4.78 is 1.80. The third-order valence-corrected chi connectivity index (χ3v) is 5.17. The third kappa shape index (κ3) is 2.70. The monoisotopic (exact) mass is 270 g/mol. The van der Waals surface area contributed by atoms with Gasteiger partial charge in [0.1, 0.15) is 6.33 Å². The minimum absolute atomic E-state index is 0.0551. The Morgan fingerprint density at radius 1 is 1.67 bits per heavy atom. The topological polar surface area (TPSA) is 63.0 Å². The number of aromatic nitrogens is 3. The van der Waals surface area contributed by atoms with Crippen molar-refractivity contribution in [2.75, 3.05) is 19.4 Å². The summed E-state index contributed by atoms with van der Waals surface area (Å²) in [6, 6.07) is 0. The van der Waals surface area contributed by atoms with Crippen LogP contribution in [0.25, 0.3) is 0 Å². The maximum absolute atomic E-state index is 9.62. The Hall–Kier alpha value is -0.590. The summed E-state index contributed by atoms with van der Waals surface area (Å²) in [5.41, 5.74) is -0.0551. The van der Waals surface area contributed by atoms with E-state index in [0.717, 1.165) is 23.8 Å². The molecule has 2 rings (SSSR count). The number of aliphatic hydroxyl groups is 1. The molecule has 1 aliphatic rings. The minimum Gasteiger partial charge on any atom is -0.394 e. The molecule has 5 nitrogen and oxygen atoms in total. The van der Waals surface area contributed by atoms with Gasteiger partial charge in [-0.25, -0.2) is 9.67 Å². The molecule has 2 atom stereocenters. The summed E-state index contributed by atoms with van der Waals surface area (Å²) >= 11 is 1.74. The van der Waals surface area contributed by atoms with Crippen LogP contribution >= 0.6 is 11.8 Å². The van der Waals surface area contributed by atoms with E-state index in [1.54, 1.807) is 22.8 Å². The van der Waals surface area contributed by atoms with Gasteiger partial charge in [-0.05, 0) is 32.2 Å². The van der Waals surface area contributed by atoms with E-state index in [-0.39, 0.29) is 12.1 Å². The summed E-state index contributed by atoms with van der Waals surface area (Å²) in [6.45, 7) is 0.239. The maximum atomic E-state index is 9.62. The summed E-state index contributed by atoms with van der Waals surface area (Å²) in [5.74, 6) is 1.59. The summed E-state index contributed by atoms with van der Waals surface area (Å²) in [5, 5.41) is 18.0. The number of thioether (sulfide) groups is 1. The molecule has 1 aromatic rings. The van der Waals surface area contributed by atoms with Crippen molar-refractivity contribution in [3.05, 3.63) is 6.33 Å². The standard InChI is InChI=1S/C12H22N4OS/c1-13-12(8-17)6-3-4-10(12)5-7-18-11-14-9-15-16(11)2/h9-10,13,17H,3-8H2,1-2H3. The van der Waals surface area contributed by atoms with Crippen LogP contribution in [0.2, 0.25) is 0 Å². The average Bonchev–Trinajstić information content (AvgIpc) is 2.97. The van der Waals surface area contributed by atoms with E-state index in [2.05, 4.69) is 15.4 Å². The lowest BCUT2D eigenvalue weighted by Crippen LogP contribution is -2.49. The lowest BCUT2D eigenvalue weighted by molar-refractivity contribution is 0.130. The quantitative estimate of drug-likeness (QED) is 0.757. The normalized spacial score (nSPS) is 27.8. The van der Waals surface area contributed by atoms with Gasteiger partial charge in [-0.1, -0.05) is 18.2 Å². The van der Waals surface area contributed by atoms with E-state index in [4.69, 9.17) is 0 Å². The molecule has 1 aromatic heterocycles. The van der Waals surface area contributed by atoms with Crippen molar-refractivity contribution in [1.82, 2.24) is 20.1 Å². The molecule has 1 fully saturated rings. The van der Waals surface area contributed by atoms with Crippen LogP contribution in [-0.2, 0) is 7.05 Å². The van der Waals surface area contributed by atoms with Gasteiger partial charge in [0, 0.05) is 18.3 Å². The lowest BCUT2D eigenvalue weighted by Gasteiger charge is -2.33. The van der Waals surface area contributed by atoms with Gasteiger partial charge in [0.25, 0.3) is 0 Å². The molecule has 0 amide bonds. The first-order chi connectivity index (χ1) is 8.72. The molecule has 2 N–H and O–H groups in total. The molecule has 0 spiro atoms. The van der Waals surface area contributed by atoms with E-state index in [0.29, 0.717) is 5.92 Å². The van der Waals surface area contributed by atoms with Crippen molar-refractivity contribution in [2.45, 2.75) is 36.4 Å². The highest BCUT2D eigenvalue weighted by Crippen LogP contribution is 2.38. The van der Waals surface area contributed by atoms with E-state index < -0.39 is 0 Å². The predicted molar refractivity (Wildman–Crippen MR) is 72.6 cm³/mol. The van der Waals surface area contributed by atoms with Crippen molar-refractivity contribution < 1.29 is 5.11 Å². The van der Waals surface area contributed by atoms with Gasteiger partial charge >= 0.3 is 0 Å². The number of nitrogens with zero attached hydrogens (tertiary/aromatic N) is 3. The van der Waals surface area contributed by atoms with E-state index in [1.807, 2.05) is 14.1 Å². The number of nitrogens with one attached hydrogen (secondary N) is 1. The fraction of sp³-hybridized carbons (Fsp3) is 0.833. The molecular weight excluding hydrogens is 248 g/mol. The predicted octanol–water partition coefficient (Wildman–Crippen LogP) is 1.05. The number of rotatable bonds is 6.